The Kier molecular flexibility index (Phi) is 5.15. The van der Waals surface area contributed by atoms with Gasteiger partial charge in [0, 0.05) is 35.8 Å². The van der Waals surface area contributed by atoms with Gasteiger partial charge in [-0.2, -0.15) is 5.10 Å². The van der Waals surface area contributed by atoms with Gasteiger partial charge >= 0.3 is 0 Å². The van der Waals surface area contributed by atoms with E-state index in [0.29, 0.717) is 0 Å². The minimum atomic E-state index is 0.285. The standard InChI is InChI=1S/C22H25N5S/c1-16-10-11-28-22(16)19(25(2)3)14-27-15-23-20(17-8-6-5-7-9-17)21(27)18-12-24-26(4)13-18/h5-13,15,19H,14H2,1-4H3. The molecule has 144 valence electrons. The number of aryl methyl sites for hydroxylation is 2. The summed E-state index contributed by atoms with van der Waals surface area (Å²) >= 11 is 1.82. The highest BCUT2D eigenvalue weighted by molar-refractivity contribution is 7.10. The van der Waals surface area contributed by atoms with Gasteiger partial charge in [-0.1, -0.05) is 30.3 Å². The molecule has 1 unspecified atom stereocenters. The highest BCUT2D eigenvalue weighted by Gasteiger charge is 2.22. The van der Waals surface area contributed by atoms with Crippen molar-refractivity contribution in [3.63, 3.8) is 0 Å². The molecular formula is C22H25N5S. The van der Waals surface area contributed by atoms with Crippen molar-refractivity contribution >= 4 is 11.3 Å². The van der Waals surface area contributed by atoms with E-state index in [1.165, 1.54) is 10.4 Å². The number of nitrogens with zero attached hydrogens (tertiary/aromatic N) is 5. The van der Waals surface area contributed by atoms with Crippen molar-refractivity contribution in [2.24, 2.45) is 7.05 Å². The molecule has 0 spiro atoms. The fourth-order valence-electron chi connectivity index (χ4n) is 3.57. The predicted octanol–water partition coefficient (Wildman–Crippen LogP) is 4.62. The molecule has 1 aromatic carbocycles. The Labute approximate surface area is 169 Å². The molecule has 4 rings (SSSR count). The summed E-state index contributed by atoms with van der Waals surface area (Å²) in [6, 6.07) is 12.8. The fourth-order valence-corrected chi connectivity index (χ4v) is 4.68. The summed E-state index contributed by atoms with van der Waals surface area (Å²) in [4.78, 5) is 8.48. The Hall–Kier alpha value is -2.70. The molecule has 3 aromatic heterocycles. The molecule has 1 atom stereocenters. The number of benzene rings is 1. The Bertz CT molecular complexity index is 1060. The first-order chi connectivity index (χ1) is 13.5. The predicted molar refractivity (Wildman–Crippen MR) is 115 cm³/mol. The molecule has 0 bridgehead atoms. The number of likely N-dealkylation sites (N-methyl/N-ethyl adjacent to an activating group) is 1. The van der Waals surface area contributed by atoms with Crippen LogP contribution in [0.3, 0.4) is 0 Å². The monoisotopic (exact) mass is 391 g/mol. The maximum absolute atomic E-state index is 4.80. The van der Waals surface area contributed by atoms with Crippen LogP contribution in [0.15, 0.2) is 60.5 Å². The van der Waals surface area contributed by atoms with Gasteiger partial charge in [-0.3, -0.25) is 4.68 Å². The summed E-state index contributed by atoms with van der Waals surface area (Å²) in [6.07, 6.45) is 5.94. The van der Waals surface area contributed by atoms with E-state index in [-0.39, 0.29) is 6.04 Å². The SMILES string of the molecule is Cc1ccsc1C(Cn1cnc(-c2ccccc2)c1-c1cnn(C)c1)N(C)C. The van der Waals surface area contributed by atoms with E-state index in [1.807, 2.05) is 41.7 Å². The van der Waals surface area contributed by atoms with Crippen LogP contribution in [-0.4, -0.2) is 38.3 Å². The Morgan fingerprint density at radius 2 is 1.89 bits per heavy atom. The Morgan fingerprint density at radius 3 is 2.50 bits per heavy atom. The lowest BCUT2D eigenvalue weighted by molar-refractivity contribution is 0.273. The number of thiophene rings is 1. The largest absolute Gasteiger partial charge is 0.328 e. The highest BCUT2D eigenvalue weighted by Crippen LogP contribution is 2.34. The van der Waals surface area contributed by atoms with Crippen molar-refractivity contribution in [1.82, 2.24) is 24.2 Å². The summed E-state index contributed by atoms with van der Waals surface area (Å²) in [5.74, 6) is 0. The van der Waals surface area contributed by atoms with E-state index in [1.54, 1.807) is 0 Å². The lowest BCUT2D eigenvalue weighted by Gasteiger charge is -2.25. The van der Waals surface area contributed by atoms with Gasteiger partial charge in [0.1, 0.15) is 0 Å². The van der Waals surface area contributed by atoms with Crippen LogP contribution < -0.4 is 0 Å². The summed E-state index contributed by atoms with van der Waals surface area (Å²) in [7, 11) is 6.23. The normalized spacial score (nSPS) is 12.6. The molecule has 0 amide bonds. The topological polar surface area (TPSA) is 38.9 Å². The average Bonchev–Trinajstić information content (AvgIpc) is 3.40. The molecule has 5 nitrogen and oxygen atoms in total. The smallest absolute Gasteiger partial charge is 0.0964 e. The number of aromatic nitrogens is 4. The minimum Gasteiger partial charge on any atom is -0.328 e. The summed E-state index contributed by atoms with van der Waals surface area (Å²) in [5, 5.41) is 6.57. The summed E-state index contributed by atoms with van der Waals surface area (Å²) in [6.45, 7) is 3.02. The van der Waals surface area contributed by atoms with E-state index < -0.39 is 0 Å². The van der Waals surface area contributed by atoms with Gasteiger partial charge in [0.25, 0.3) is 0 Å². The second-order valence-corrected chi connectivity index (χ2v) is 8.26. The van der Waals surface area contributed by atoms with Crippen molar-refractivity contribution < 1.29 is 0 Å². The van der Waals surface area contributed by atoms with Crippen LogP contribution in [0.2, 0.25) is 0 Å². The zero-order valence-corrected chi connectivity index (χ0v) is 17.5. The Balaban J connectivity index is 1.81. The molecule has 0 fully saturated rings. The third-order valence-corrected chi connectivity index (χ3v) is 6.18. The van der Waals surface area contributed by atoms with E-state index in [4.69, 9.17) is 4.98 Å². The molecule has 0 saturated heterocycles. The maximum atomic E-state index is 4.80. The minimum absolute atomic E-state index is 0.285. The number of rotatable bonds is 6. The quantitative estimate of drug-likeness (QED) is 0.481. The lowest BCUT2D eigenvalue weighted by Crippen LogP contribution is -2.24. The van der Waals surface area contributed by atoms with Crippen molar-refractivity contribution in [2.75, 3.05) is 14.1 Å². The van der Waals surface area contributed by atoms with Crippen molar-refractivity contribution in [3.8, 4) is 22.5 Å². The average molecular weight is 392 g/mol. The first kappa shape index (κ1) is 18.7. The van der Waals surface area contributed by atoms with E-state index in [0.717, 1.165) is 29.1 Å². The number of hydrogen-bond donors (Lipinski definition) is 0. The van der Waals surface area contributed by atoms with Crippen LogP contribution in [-0.2, 0) is 13.6 Å². The van der Waals surface area contributed by atoms with Gasteiger partial charge in [-0.15, -0.1) is 11.3 Å². The third kappa shape index (κ3) is 3.53. The Morgan fingerprint density at radius 1 is 1.11 bits per heavy atom. The second-order valence-electron chi connectivity index (χ2n) is 7.31. The summed E-state index contributed by atoms with van der Waals surface area (Å²) in [5.41, 5.74) is 5.65. The molecule has 0 N–H and O–H groups in total. The van der Waals surface area contributed by atoms with Gasteiger partial charge in [0.15, 0.2) is 0 Å². The first-order valence-electron chi connectivity index (χ1n) is 9.34. The van der Waals surface area contributed by atoms with Crippen molar-refractivity contribution in [3.05, 3.63) is 70.9 Å². The highest BCUT2D eigenvalue weighted by atomic mass is 32.1. The third-order valence-electron chi connectivity index (χ3n) is 5.06. The van der Waals surface area contributed by atoms with Crippen molar-refractivity contribution in [1.29, 1.82) is 0 Å². The zero-order valence-electron chi connectivity index (χ0n) is 16.7. The molecule has 6 heteroatoms. The van der Waals surface area contributed by atoms with Crippen LogP contribution in [0, 0.1) is 6.92 Å². The molecule has 4 aromatic rings. The van der Waals surface area contributed by atoms with Crippen molar-refractivity contribution in [2.45, 2.75) is 19.5 Å². The molecule has 0 saturated carbocycles. The van der Waals surface area contributed by atoms with E-state index in [9.17, 15) is 0 Å². The van der Waals surface area contributed by atoms with Crippen LogP contribution in [0.4, 0.5) is 0 Å². The molecule has 0 aliphatic heterocycles. The van der Waals surface area contributed by atoms with Gasteiger partial charge in [0.05, 0.1) is 30.0 Å². The van der Waals surface area contributed by atoms with E-state index >= 15 is 0 Å². The first-order valence-corrected chi connectivity index (χ1v) is 10.2. The maximum Gasteiger partial charge on any atom is 0.0964 e. The number of hydrogen-bond acceptors (Lipinski definition) is 4. The molecule has 0 aliphatic carbocycles. The van der Waals surface area contributed by atoms with E-state index in [2.05, 4.69) is 77.5 Å². The molecule has 28 heavy (non-hydrogen) atoms. The molecule has 0 radical (unpaired) electrons. The van der Waals surface area contributed by atoms with Crippen LogP contribution in [0.5, 0.6) is 0 Å². The number of imidazole rings is 1. The molecular weight excluding hydrogens is 366 g/mol. The zero-order chi connectivity index (χ0) is 19.7. The lowest BCUT2D eigenvalue weighted by atomic mass is 10.1. The fraction of sp³-hybridized carbons (Fsp3) is 0.273. The van der Waals surface area contributed by atoms with Crippen LogP contribution in [0.1, 0.15) is 16.5 Å². The van der Waals surface area contributed by atoms with Gasteiger partial charge < -0.3 is 9.47 Å². The molecule has 3 heterocycles. The van der Waals surface area contributed by atoms with Gasteiger partial charge in [0.2, 0.25) is 0 Å². The van der Waals surface area contributed by atoms with Crippen LogP contribution >= 0.6 is 11.3 Å². The summed E-state index contributed by atoms with van der Waals surface area (Å²) < 4.78 is 4.11. The molecule has 0 aliphatic rings. The van der Waals surface area contributed by atoms with Crippen LogP contribution in [0.25, 0.3) is 22.5 Å². The van der Waals surface area contributed by atoms with Gasteiger partial charge in [-0.05, 0) is 38.0 Å². The second kappa shape index (κ2) is 7.73. The van der Waals surface area contributed by atoms with Gasteiger partial charge in [-0.25, -0.2) is 4.98 Å².